The number of alkyl carbamates (subject to hydrolysis) is 1. The Morgan fingerprint density at radius 1 is 1.03 bits per heavy atom. The molecule has 32 heavy (non-hydrogen) atoms. The number of aliphatic carboxylic acids is 1. The Morgan fingerprint density at radius 2 is 1.66 bits per heavy atom. The molecule has 0 aromatic heterocycles. The molecular formula is C25H21ClFNO4. The van der Waals surface area contributed by atoms with Crippen LogP contribution < -0.4 is 5.32 Å². The summed E-state index contributed by atoms with van der Waals surface area (Å²) in [6, 6.07) is 18.7. The second-order valence-electron chi connectivity index (χ2n) is 7.64. The summed E-state index contributed by atoms with van der Waals surface area (Å²) in [5, 5.41) is 12.2. The van der Waals surface area contributed by atoms with Crippen LogP contribution in [0, 0.1) is 5.82 Å². The van der Waals surface area contributed by atoms with Gasteiger partial charge in [0.25, 0.3) is 0 Å². The molecule has 1 amide bonds. The van der Waals surface area contributed by atoms with Crippen LogP contribution in [0.1, 0.15) is 29.0 Å². The quantitative estimate of drug-likeness (QED) is 0.502. The average molecular weight is 454 g/mol. The van der Waals surface area contributed by atoms with Gasteiger partial charge in [0.2, 0.25) is 0 Å². The number of hydrogen-bond donors (Lipinski definition) is 2. The lowest BCUT2D eigenvalue weighted by atomic mass is 9.98. The maximum Gasteiger partial charge on any atom is 0.407 e. The molecule has 5 nitrogen and oxygen atoms in total. The summed E-state index contributed by atoms with van der Waals surface area (Å²) in [5.41, 5.74) is 4.62. The van der Waals surface area contributed by atoms with E-state index in [0.29, 0.717) is 5.02 Å². The molecule has 1 atom stereocenters. The molecule has 3 aromatic rings. The van der Waals surface area contributed by atoms with Crippen molar-refractivity contribution in [3.63, 3.8) is 0 Å². The van der Waals surface area contributed by atoms with Crippen molar-refractivity contribution in [2.75, 3.05) is 6.61 Å². The number of hydrogen-bond acceptors (Lipinski definition) is 3. The molecular weight excluding hydrogens is 433 g/mol. The zero-order chi connectivity index (χ0) is 22.7. The normalized spacial score (nSPS) is 13.2. The number of halogens is 2. The fourth-order valence-corrected chi connectivity index (χ4v) is 4.27. The lowest BCUT2D eigenvalue weighted by Gasteiger charge is -2.17. The molecule has 0 aliphatic heterocycles. The Balaban J connectivity index is 1.39. The number of carboxylic acid groups (broad SMARTS) is 1. The maximum atomic E-state index is 13.9. The molecule has 0 unspecified atom stereocenters. The molecule has 0 saturated heterocycles. The van der Waals surface area contributed by atoms with Crippen molar-refractivity contribution >= 4 is 23.7 Å². The van der Waals surface area contributed by atoms with E-state index in [-0.39, 0.29) is 30.9 Å². The van der Waals surface area contributed by atoms with Crippen LogP contribution in [0.3, 0.4) is 0 Å². The molecule has 0 spiro atoms. The number of amides is 1. The van der Waals surface area contributed by atoms with Crippen molar-refractivity contribution in [3.8, 4) is 11.1 Å². The van der Waals surface area contributed by atoms with Gasteiger partial charge in [-0.15, -0.1) is 0 Å². The van der Waals surface area contributed by atoms with Crippen molar-refractivity contribution in [2.45, 2.75) is 24.8 Å². The molecule has 4 rings (SSSR count). The van der Waals surface area contributed by atoms with Crippen LogP contribution in [-0.4, -0.2) is 29.8 Å². The third-order valence-corrected chi connectivity index (χ3v) is 5.88. The fraction of sp³-hybridized carbons (Fsp3) is 0.200. The summed E-state index contributed by atoms with van der Waals surface area (Å²) in [6.45, 7) is 0.0785. The van der Waals surface area contributed by atoms with Crippen molar-refractivity contribution in [1.82, 2.24) is 5.32 Å². The van der Waals surface area contributed by atoms with Gasteiger partial charge in [0.1, 0.15) is 18.5 Å². The van der Waals surface area contributed by atoms with Gasteiger partial charge >= 0.3 is 12.1 Å². The minimum atomic E-state index is -1.22. The number of carboxylic acids is 1. The highest BCUT2D eigenvalue weighted by Crippen LogP contribution is 2.44. The highest BCUT2D eigenvalue weighted by atomic mass is 35.5. The average Bonchev–Trinajstić information content (AvgIpc) is 3.11. The van der Waals surface area contributed by atoms with Gasteiger partial charge in [-0.3, -0.25) is 0 Å². The van der Waals surface area contributed by atoms with Crippen LogP contribution in [0.15, 0.2) is 66.7 Å². The molecule has 0 heterocycles. The molecule has 164 valence electrons. The third kappa shape index (κ3) is 4.60. The van der Waals surface area contributed by atoms with Crippen LogP contribution in [-0.2, 0) is 16.0 Å². The van der Waals surface area contributed by atoms with Gasteiger partial charge in [-0.1, -0.05) is 60.1 Å². The van der Waals surface area contributed by atoms with Gasteiger partial charge in [0.15, 0.2) is 0 Å². The first-order chi connectivity index (χ1) is 15.4. The SMILES string of the molecule is O=C(N[C@@H](CCc1cc(Cl)ccc1F)C(=O)O)OCC1c2ccccc2-c2ccccc21. The number of aryl methyl sites for hydroxylation is 1. The number of nitrogens with one attached hydrogen (secondary N) is 1. The zero-order valence-electron chi connectivity index (χ0n) is 17.1. The number of carbonyl (C=O) groups excluding carboxylic acids is 1. The van der Waals surface area contributed by atoms with Gasteiger partial charge in [-0.05, 0) is 58.9 Å². The molecule has 0 radical (unpaired) electrons. The van der Waals surface area contributed by atoms with Crippen LogP contribution in [0.2, 0.25) is 5.02 Å². The highest BCUT2D eigenvalue weighted by Gasteiger charge is 2.29. The Hall–Kier alpha value is -3.38. The van der Waals surface area contributed by atoms with E-state index in [0.717, 1.165) is 22.3 Å². The standard InChI is InChI=1S/C25H21ClFNO4/c26-16-10-11-22(27)15(13-16)9-12-23(24(29)30)28-25(31)32-14-21-19-7-3-1-5-17(19)18-6-2-4-8-20(18)21/h1-8,10-11,13,21,23H,9,12,14H2,(H,28,31)(H,29,30)/t23-/m0/s1. The monoisotopic (exact) mass is 453 g/mol. The van der Waals surface area contributed by atoms with Gasteiger partial charge in [-0.2, -0.15) is 0 Å². The van der Waals surface area contributed by atoms with E-state index in [1.807, 2.05) is 48.5 Å². The molecule has 3 aromatic carbocycles. The minimum absolute atomic E-state index is 0.00318. The van der Waals surface area contributed by atoms with Gasteiger partial charge in [0.05, 0.1) is 0 Å². The molecule has 7 heteroatoms. The third-order valence-electron chi connectivity index (χ3n) is 5.64. The summed E-state index contributed by atoms with van der Waals surface area (Å²) < 4.78 is 19.3. The van der Waals surface area contributed by atoms with Gasteiger partial charge < -0.3 is 15.2 Å². The molecule has 0 fully saturated rings. The molecule has 1 aliphatic carbocycles. The first-order valence-corrected chi connectivity index (χ1v) is 10.6. The zero-order valence-corrected chi connectivity index (χ0v) is 17.8. The lowest BCUT2D eigenvalue weighted by Crippen LogP contribution is -2.41. The van der Waals surface area contributed by atoms with Crippen molar-refractivity contribution in [2.24, 2.45) is 0 Å². The summed E-state index contributed by atoms with van der Waals surface area (Å²) in [7, 11) is 0. The summed E-state index contributed by atoms with van der Waals surface area (Å²) in [6.07, 6.45) is -0.727. The largest absolute Gasteiger partial charge is 0.480 e. The number of benzene rings is 3. The predicted molar refractivity (Wildman–Crippen MR) is 119 cm³/mol. The van der Waals surface area contributed by atoms with E-state index in [2.05, 4.69) is 5.32 Å². The van der Waals surface area contributed by atoms with E-state index >= 15 is 0 Å². The van der Waals surface area contributed by atoms with Gasteiger partial charge in [-0.25, -0.2) is 14.0 Å². The Labute approximate surface area is 189 Å². The lowest BCUT2D eigenvalue weighted by molar-refractivity contribution is -0.139. The van der Waals surface area contributed by atoms with E-state index in [1.54, 1.807) is 0 Å². The van der Waals surface area contributed by atoms with E-state index < -0.39 is 23.9 Å². The summed E-state index contributed by atoms with van der Waals surface area (Å²) in [5.74, 6) is -1.82. The summed E-state index contributed by atoms with van der Waals surface area (Å²) in [4.78, 5) is 24.0. The Kier molecular flexibility index (Phi) is 6.42. The second-order valence-corrected chi connectivity index (χ2v) is 8.07. The topological polar surface area (TPSA) is 75.6 Å². The van der Waals surface area contributed by atoms with Crippen LogP contribution in [0.4, 0.5) is 9.18 Å². The van der Waals surface area contributed by atoms with Crippen LogP contribution in [0.25, 0.3) is 11.1 Å². The van der Waals surface area contributed by atoms with E-state index in [1.165, 1.54) is 18.2 Å². The van der Waals surface area contributed by atoms with Crippen molar-refractivity contribution < 1.29 is 23.8 Å². The number of rotatable bonds is 7. The molecule has 1 aliphatic rings. The number of fused-ring (bicyclic) bond motifs is 3. The first-order valence-electron chi connectivity index (χ1n) is 10.2. The smallest absolute Gasteiger partial charge is 0.407 e. The van der Waals surface area contributed by atoms with Gasteiger partial charge in [0, 0.05) is 10.9 Å². The summed E-state index contributed by atoms with van der Waals surface area (Å²) >= 11 is 5.88. The number of ether oxygens (including phenoxy) is 1. The fourth-order valence-electron chi connectivity index (χ4n) is 4.07. The van der Waals surface area contributed by atoms with Crippen molar-refractivity contribution in [1.29, 1.82) is 0 Å². The minimum Gasteiger partial charge on any atom is -0.480 e. The van der Waals surface area contributed by atoms with E-state index in [9.17, 15) is 19.1 Å². The Morgan fingerprint density at radius 3 is 2.28 bits per heavy atom. The van der Waals surface area contributed by atoms with E-state index in [4.69, 9.17) is 16.3 Å². The van der Waals surface area contributed by atoms with Crippen LogP contribution in [0.5, 0.6) is 0 Å². The second kappa shape index (κ2) is 9.40. The molecule has 0 bridgehead atoms. The molecule has 2 N–H and O–H groups in total. The molecule has 0 saturated carbocycles. The first kappa shape index (κ1) is 21.8. The highest BCUT2D eigenvalue weighted by molar-refractivity contribution is 6.30. The predicted octanol–water partition coefficient (Wildman–Crippen LogP) is 5.40. The Bertz CT molecular complexity index is 1120. The number of carbonyl (C=O) groups is 2. The maximum absolute atomic E-state index is 13.9. The van der Waals surface area contributed by atoms with Crippen molar-refractivity contribution in [3.05, 3.63) is 94.3 Å². The van der Waals surface area contributed by atoms with Crippen LogP contribution >= 0.6 is 11.6 Å².